The number of ether oxygens (including phenoxy) is 1. The summed E-state index contributed by atoms with van der Waals surface area (Å²) in [6.45, 7) is 1.33. The minimum atomic E-state index is -0.920. The molecule has 4 rings (SSSR count). The zero-order chi connectivity index (χ0) is 18.8. The Balaban J connectivity index is 1.41. The van der Waals surface area contributed by atoms with Crippen LogP contribution >= 0.6 is 11.3 Å². The molecule has 3 heterocycles. The first-order chi connectivity index (χ1) is 13.1. The van der Waals surface area contributed by atoms with E-state index in [2.05, 4.69) is 20.4 Å². The molecule has 0 unspecified atom stereocenters. The third-order valence-corrected chi connectivity index (χ3v) is 4.72. The fourth-order valence-corrected chi connectivity index (χ4v) is 3.35. The molecule has 8 nitrogen and oxygen atoms in total. The van der Waals surface area contributed by atoms with Crippen LogP contribution in [-0.2, 0) is 16.1 Å². The van der Waals surface area contributed by atoms with Gasteiger partial charge in [-0.05, 0) is 29.6 Å². The van der Waals surface area contributed by atoms with Crippen molar-refractivity contribution >= 4 is 34.0 Å². The lowest BCUT2D eigenvalue weighted by atomic mass is 10.1. The van der Waals surface area contributed by atoms with E-state index in [-0.39, 0.29) is 12.3 Å². The number of tetrazole rings is 1. The van der Waals surface area contributed by atoms with Crippen molar-refractivity contribution < 1.29 is 14.3 Å². The van der Waals surface area contributed by atoms with Crippen LogP contribution in [0.5, 0.6) is 0 Å². The van der Waals surface area contributed by atoms with E-state index in [0.717, 1.165) is 21.3 Å². The lowest BCUT2D eigenvalue weighted by Gasteiger charge is -2.11. The maximum absolute atomic E-state index is 12.6. The number of nitrogens with zero attached hydrogens (tertiary/aromatic N) is 4. The van der Waals surface area contributed by atoms with Crippen LogP contribution in [0.1, 0.15) is 17.3 Å². The molecule has 4 aromatic rings. The van der Waals surface area contributed by atoms with E-state index in [9.17, 15) is 9.59 Å². The van der Waals surface area contributed by atoms with Gasteiger partial charge in [-0.1, -0.05) is 18.2 Å². The molecule has 27 heavy (non-hydrogen) atoms. The second kappa shape index (κ2) is 7.12. The number of ketones is 1. The molecule has 0 saturated heterocycles. The number of thiophene rings is 1. The smallest absolute Gasteiger partial charge is 0.330 e. The van der Waals surface area contributed by atoms with Crippen LogP contribution in [0.25, 0.3) is 22.3 Å². The zero-order valence-electron chi connectivity index (χ0n) is 14.3. The molecule has 136 valence electrons. The lowest BCUT2D eigenvalue weighted by molar-refractivity contribution is -0.147. The SMILES string of the molecule is C[C@H](OC(=O)Cn1nnc(-c2ccsc2)n1)C(=O)c1c[nH]c2ccccc12. The lowest BCUT2D eigenvalue weighted by Crippen LogP contribution is -2.27. The number of fused-ring (bicyclic) bond motifs is 1. The minimum absolute atomic E-state index is 0.220. The van der Waals surface area contributed by atoms with E-state index in [1.54, 1.807) is 13.1 Å². The number of benzene rings is 1. The second-order valence-electron chi connectivity index (χ2n) is 5.90. The Morgan fingerprint density at radius 2 is 2.15 bits per heavy atom. The van der Waals surface area contributed by atoms with Crippen molar-refractivity contribution in [3.63, 3.8) is 0 Å². The van der Waals surface area contributed by atoms with Crippen molar-refractivity contribution in [2.75, 3.05) is 0 Å². The highest BCUT2D eigenvalue weighted by molar-refractivity contribution is 7.08. The summed E-state index contributed by atoms with van der Waals surface area (Å²) in [4.78, 5) is 29.0. The van der Waals surface area contributed by atoms with Gasteiger partial charge in [0.2, 0.25) is 11.6 Å². The molecule has 0 aliphatic rings. The van der Waals surface area contributed by atoms with Gasteiger partial charge in [0.1, 0.15) is 0 Å². The summed E-state index contributed by atoms with van der Waals surface area (Å²) < 4.78 is 5.26. The van der Waals surface area contributed by atoms with Crippen LogP contribution < -0.4 is 0 Å². The van der Waals surface area contributed by atoms with Crippen molar-refractivity contribution in [2.24, 2.45) is 0 Å². The number of para-hydroxylation sites is 1. The van der Waals surface area contributed by atoms with Gasteiger partial charge in [0.05, 0.1) is 0 Å². The molecule has 0 aliphatic carbocycles. The molecule has 0 radical (unpaired) electrons. The molecule has 0 amide bonds. The number of aromatic amines is 1. The Kier molecular flexibility index (Phi) is 4.51. The maximum atomic E-state index is 12.6. The normalized spacial score (nSPS) is 12.2. The highest BCUT2D eigenvalue weighted by Crippen LogP contribution is 2.20. The molecule has 0 bridgehead atoms. The number of hydrogen-bond acceptors (Lipinski definition) is 7. The van der Waals surface area contributed by atoms with Crippen LogP contribution in [0.2, 0.25) is 0 Å². The van der Waals surface area contributed by atoms with Crippen molar-refractivity contribution in [3.8, 4) is 11.4 Å². The first-order valence-corrected chi connectivity index (χ1v) is 9.16. The summed E-state index contributed by atoms with van der Waals surface area (Å²) in [5.41, 5.74) is 2.18. The molecular weight excluding hydrogens is 366 g/mol. The number of hydrogen-bond donors (Lipinski definition) is 1. The Morgan fingerprint density at radius 3 is 2.96 bits per heavy atom. The topological polar surface area (TPSA) is 103 Å². The standard InChI is InChI=1S/C18H15N5O3S/c1-11(17(25)14-8-19-15-5-3-2-4-13(14)15)26-16(24)9-23-21-18(20-22-23)12-6-7-27-10-12/h2-8,10-11,19H,9H2,1H3/t11-/m0/s1. The summed E-state index contributed by atoms with van der Waals surface area (Å²) in [6, 6.07) is 9.33. The second-order valence-corrected chi connectivity index (χ2v) is 6.68. The van der Waals surface area contributed by atoms with Gasteiger partial charge >= 0.3 is 5.97 Å². The van der Waals surface area contributed by atoms with Gasteiger partial charge in [0, 0.05) is 33.6 Å². The summed E-state index contributed by atoms with van der Waals surface area (Å²) in [6.07, 6.45) is 0.709. The number of carbonyl (C=O) groups excluding carboxylic acids is 2. The molecule has 0 aliphatic heterocycles. The molecule has 0 spiro atoms. The number of esters is 1. The summed E-state index contributed by atoms with van der Waals surface area (Å²) in [5.74, 6) is -0.441. The number of Topliss-reactive ketones (excluding diaryl/α,β-unsaturated/α-hetero) is 1. The zero-order valence-corrected chi connectivity index (χ0v) is 15.1. The van der Waals surface area contributed by atoms with Crippen molar-refractivity contribution in [1.82, 2.24) is 25.2 Å². The van der Waals surface area contributed by atoms with Gasteiger partial charge in [0.15, 0.2) is 12.6 Å². The number of carbonyl (C=O) groups is 2. The largest absolute Gasteiger partial charge is 0.453 e. The van der Waals surface area contributed by atoms with Gasteiger partial charge < -0.3 is 9.72 Å². The van der Waals surface area contributed by atoms with Crippen LogP contribution in [0, 0.1) is 0 Å². The third-order valence-electron chi connectivity index (χ3n) is 4.03. The Labute approximate surface area is 157 Å². The molecule has 0 saturated carbocycles. The van der Waals surface area contributed by atoms with Crippen LogP contribution in [0.3, 0.4) is 0 Å². The highest BCUT2D eigenvalue weighted by atomic mass is 32.1. The van der Waals surface area contributed by atoms with Crippen LogP contribution in [0.4, 0.5) is 0 Å². The predicted molar refractivity (Wildman–Crippen MR) is 99.3 cm³/mol. The van der Waals surface area contributed by atoms with Gasteiger partial charge in [-0.3, -0.25) is 4.79 Å². The van der Waals surface area contributed by atoms with Crippen LogP contribution in [-0.4, -0.2) is 43.0 Å². The monoisotopic (exact) mass is 381 g/mol. The van der Waals surface area contributed by atoms with Gasteiger partial charge in [-0.25, -0.2) is 4.79 Å². The maximum Gasteiger partial charge on any atom is 0.330 e. The quantitative estimate of drug-likeness (QED) is 0.407. The van der Waals surface area contributed by atoms with Crippen LogP contribution in [0.15, 0.2) is 47.3 Å². The Bertz CT molecular complexity index is 1100. The van der Waals surface area contributed by atoms with Gasteiger partial charge in [-0.15, -0.1) is 10.2 Å². The summed E-state index contributed by atoms with van der Waals surface area (Å²) >= 11 is 1.52. The van der Waals surface area contributed by atoms with Gasteiger partial charge in [-0.2, -0.15) is 16.1 Å². The number of H-pyrrole nitrogens is 1. The van der Waals surface area contributed by atoms with E-state index in [1.807, 2.05) is 41.1 Å². The fourth-order valence-electron chi connectivity index (χ4n) is 2.72. The Morgan fingerprint density at radius 1 is 1.30 bits per heavy atom. The predicted octanol–water partition coefficient (Wildman–Crippen LogP) is 2.70. The minimum Gasteiger partial charge on any atom is -0.453 e. The van der Waals surface area contributed by atoms with Crippen molar-refractivity contribution in [1.29, 1.82) is 0 Å². The number of nitrogens with one attached hydrogen (secondary N) is 1. The van der Waals surface area contributed by atoms with Gasteiger partial charge in [0.25, 0.3) is 0 Å². The molecule has 1 N–H and O–H groups in total. The van der Waals surface area contributed by atoms with E-state index >= 15 is 0 Å². The first-order valence-electron chi connectivity index (χ1n) is 8.22. The number of rotatable bonds is 6. The molecular formula is C18H15N5O3S. The van der Waals surface area contributed by atoms with Crippen molar-refractivity contribution in [2.45, 2.75) is 19.6 Å². The highest BCUT2D eigenvalue weighted by Gasteiger charge is 2.22. The summed E-state index contributed by atoms with van der Waals surface area (Å²) in [5, 5.41) is 16.5. The molecule has 9 heteroatoms. The third kappa shape index (κ3) is 3.49. The van der Waals surface area contributed by atoms with E-state index in [4.69, 9.17) is 4.74 Å². The average molecular weight is 381 g/mol. The summed E-state index contributed by atoms with van der Waals surface area (Å²) in [7, 11) is 0. The molecule has 3 aromatic heterocycles. The molecule has 0 fully saturated rings. The number of aromatic nitrogens is 5. The first kappa shape index (κ1) is 17.1. The van der Waals surface area contributed by atoms with E-state index < -0.39 is 12.1 Å². The average Bonchev–Trinajstić information content (AvgIpc) is 3.40. The van der Waals surface area contributed by atoms with E-state index in [0.29, 0.717) is 11.4 Å². The fraction of sp³-hybridized carbons (Fsp3) is 0.167. The molecule has 1 aromatic carbocycles. The molecule has 1 atom stereocenters. The Hall–Kier alpha value is -3.33. The van der Waals surface area contributed by atoms with E-state index in [1.165, 1.54) is 11.3 Å². The van der Waals surface area contributed by atoms with Crippen molar-refractivity contribution in [3.05, 3.63) is 52.9 Å².